The van der Waals surface area contributed by atoms with E-state index >= 15 is 0 Å². The standard InChI is InChI=1S/C14H17NO4/c1-14(2,3)19-13(17)15-10-6-4-5-9-11(16)7-8-18-12(9)10/h4-6H,7-8H2,1-3H3,(H,15,17). The van der Waals surface area contributed by atoms with Gasteiger partial charge in [0.25, 0.3) is 0 Å². The SMILES string of the molecule is CC(C)(C)OC(=O)Nc1cccc2c1OCCC2=O. The first-order valence-corrected chi connectivity index (χ1v) is 6.16. The highest BCUT2D eigenvalue weighted by molar-refractivity contribution is 6.02. The molecule has 0 aliphatic carbocycles. The van der Waals surface area contributed by atoms with E-state index in [0.29, 0.717) is 30.0 Å². The average molecular weight is 263 g/mol. The molecular weight excluding hydrogens is 246 g/mol. The fourth-order valence-corrected chi connectivity index (χ4v) is 1.80. The molecular formula is C14H17NO4. The lowest BCUT2D eigenvalue weighted by atomic mass is 10.0. The van der Waals surface area contributed by atoms with Crippen LogP contribution in [0.4, 0.5) is 10.5 Å². The van der Waals surface area contributed by atoms with E-state index in [-0.39, 0.29) is 5.78 Å². The smallest absolute Gasteiger partial charge is 0.412 e. The van der Waals surface area contributed by atoms with Crippen LogP contribution in [0, 0.1) is 0 Å². The molecule has 0 unspecified atom stereocenters. The van der Waals surface area contributed by atoms with Gasteiger partial charge in [0.2, 0.25) is 0 Å². The molecule has 1 aliphatic heterocycles. The van der Waals surface area contributed by atoms with Gasteiger partial charge in [0, 0.05) is 6.42 Å². The summed E-state index contributed by atoms with van der Waals surface area (Å²) in [4.78, 5) is 23.4. The lowest BCUT2D eigenvalue weighted by Gasteiger charge is -2.22. The summed E-state index contributed by atoms with van der Waals surface area (Å²) in [6, 6.07) is 5.08. The zero-order chi connectivity index (χ0) is 14.0. The number of para-hydroxylation sites is 1. The van der Waals surface area contributed by atoms with E-state index in [1.807, 2.05) is 0 Å². The van der Waals surface area contributed by atoms with E-state index in [9.17, 15) is 9.59 Å². The van der Waals surface area contributed by atoms with Crippen molar-refractivity contribution in [3.8, 4) is 5.75 Å². The van der Waals surface area contributed by atoms with Gasteiger partial charge in [0.05, 0.1) is 17.9 Å². The van der Waals surface area contributed by atoms with Gasteiger partial charge in [-0.3, -0.25) is 10.1 Å². The molecule has 0 fully saturated rings. The molecule has 1 aromatic rings. The van der Waals surface area contributed by atoms with Gasteiger partial charge in [-0.15, -0.1) is 0 Å². The third kappa shape index (κ3) is 3.24. The number of Topliss-reactive ketones (excluding diaryl/α,β-unsaturated/α-hetero) is 1. The molecule has 0 saturated heterocycles. The Hall–Kier alpha value is -2.04. The normalized spacial score (nSPS) is 14.4. The van der Waals surface area contributed by atoms with Crippen molar-refractivity contribution in [2.75, 3.05) is 11.9 Å². The Kier molecular flexibility index (Phi) is 3.46. The van der Waals surface area contributed by atoms with Crippen LogP contribution in [0.2, 0.25) is 0 Å². The van der Waals surface area contributed by atoms with Crippen molar-refractivity contribution in [2.24, 2.45) is 0 Å². The molecule has 19 heavy (non-hydrogen) atoms. The third-order valence-corrected chi connectivity index (χ3v) is 2.53. The summed E-state index contributed by atoms with van der Waals surface area (Å²) in [5.41, 5.74) is 0.384. The minimum absolute atomic E-state index is 0.0223. The molecule has 0 atom stereocenters. The summed E-state index contributed by atoms with van der Waals surface area (Å²) in [7, 11) is 0. The van der Waals surface area contributed by atoms with Gasteiger partial charge in [-0.05, 0) is 32.9 Å². The predicted octanol–water partition coefficient (Wildman–Crippen LogP) is 3.00. The highest BCUT2D eigenvalue weighted by Gasteiger charge is 2.23. The summed E-state index contributed by atoms with van der Waals surface area (Å²) in [5, 5.41) is 2.61. The fraction of sp³-hybridized carbons (Fsp3) is 0.429. The predicted molar refractivity (Wildman–Crippen MR) is 70.7 cm³/mol. The zero-order valence-corrected chi connectivity index (χ0v) is 11.3. The van der Waals surface area contributed by atoms with Crippen molar-refractivity contribution in [3.05, 3.63) is 23.8 Å². The molecule has 5 heteroatoms. The summed E-state index contributed by atoms with van der Waals surface area (Å²) < 4.78 is 10.6. The molecule has 102 valence electrons. The summed E-state index contributed by atoms with van der Waals surface area (Å²) in [5.74, 6) is 0.443. The Morgan fingerprint density at radius 1 is 1.37 bits per heavy atom. The van der Waals surface area contributed by atoms with E-state index in [1.165, 1.54) is 0 Å². The monoisotopic (exact) mass is 263 g/mol. The molecule has 1 amide bonds. The number of hydrogen-bond acceptors (Lipinski definition) is 4. The molecule has 2 rings (SSSR count). The maximum atomic E-state index is 11.7. The second kappa shape index (κ2) is 4.91. The van der Waals surface area contributed by atoms with Crippen LogP contribution >= 0.6 is 0 Å². The Labute approximate surface area is 111 Å². The van der Waals surface area contributed by atoms with Crippen molar-refractivity contribution < 1.29 is 19.1 Å². The van der Waals surface area contributed by atoms with Crippen molar-refractivity contribution >= 4 is 17.6 Å². The van der Waals surface area contributed by atoms with Crippen LogP contribution in [0.5, 0.6) is 5.75 Å². The van der Waals surface area contributed by atoms with Crippen molar-refractivity contribution in [2.45, 2.75) is 32.8 Å². The van der Waals surface area contributed by atoms with Crippen molar-refractivity contribution in [3.63, 3.8) is 0 Å². The van der Waals surface area contributed by atoms with E-state index < -0.39 is 11.7 Å². The molecule has 0 radical (unpaired) electrons. The Balaban J connectivity index is 2.20. The number of rotatable bonds is 1. The number of carbonyl (C=O) groups excluding carboxylic acids is 2. The van der Waals surface area contributed by atoms with Gasteiger partial charge in [0.1, 0.15) is 5.60 Å². The molecule has 0 aromatic heterocycles. The maximum Gasteiger partial charge on any atom is 0.412 e. The summed E-state index contributed by atoms with van der Waals surface area (Å²) in [6.07, 6.45) is -0.203. The first-order chi connectivity index (χ1) is 8.87. The number of amides is 1. The van der Waals surface area contributed by atoms with Gasteiger partial charge >= 0.3 is 6.09 Å². The van der Waals surface area contributed by atoms with Crippen LogP contribution in [0.1, 0.15) is 37.6 Å². The summed E-state index contributed by atoms with van der Waals surface area (Å²) >= 11 is 0. The van der Waals surface area contributed by atoms with Gasteiger partial charge in [0.15, 0.2) is 11.5 Å². The number of benzene rings is 1. The number of fused-ring (bicyclic) bond motifs is 1. The Morgan fingerprint density at radius 3 is 2.79 bits per heavy atom. The second-order valence-corrected chi connectivity index (χ2v) is 5.33. The van der Waals surface area contributed by atoms with E-state index in [2.05, 4.69) is 5.32 Å². The van der Waals surface area contributed by atoms with Crippen molar-refractivity contribution in [1.82, 2.24) is 0 Å². The topological polar surface area (TPSA) is 64.6 Å². The molecule has 0 saturated carbocycles. The summed E-state index contributed by atoms with van der Waals surface area (Å²) in [6.45, 7) is 5.69. The van der Waals surface area contributed by atoms with Gasteiger partial charge in [-0.2, -0.15) is 0 Å². The highest BCUT2D eigenvalue weighted by atomic mass is 16.6. The largest absolute Gasteiger partial charge is 0.490 e. The van der Waals surface area contributed by atoms with Gasteiger partial charge in [-0.1, -0.05) is 6.07 Å². The van der Waals surface area contributed by atoms with Crippen LogP contribution in [0.15, 0.2) is 18.2 Å². The molecule has 0 spiro atoms. The van der Waals surface area contributed by atoms with Gasteiger partial charge in [-0.25, -0.2) is 4.79 Å². The first kappa shape index (κ1) is 13.4. The molecule has 1 aliphatic rings. The van der Waals surface area contributed by atoms with Crippen molar-refractivity contribution in [1.29, 1.82) is 0 Å². The Bertz CT molecular complexity index is 517. The Morgan fingerprint density at radius 2 is 2.11 bits per heavy atom. The van der Waals surface area contributed by atoms with Crippen LogP contribution < -0.4 is 10.1 Å². The van der Waals surface area contributed by atoms with E-state index in [0.717, 1.165) is 0 Å². The van der Waals surface area contributed by atoms with Crippen LogP contribution in [-0.4, -0.2) is 24.1 Å². The lowest BCUT2D eigenvalue weighted by Crippen LogP contribution is -2.27. The number of carbonyl (C=O) groups is 2. The second-order valence-electron chi connectivity index (χ2n) is 5.33. The van der Waals surface area contributed by atoms with E-state index in [1.54, 1.807) is 39.0 Å². The number of hydrogen-bond donors (Lipinski definition) is 1. The molecule has 0 bridgehead atoms. The quantitative estimate of drug-likeness (QED) is 0.846. The molecule has 1 N–H and O–H groups in total. The molecule has 5 nitrogen and oxygen atoms in total. The average Bonchev–Trinajstić information content (AvgIpc) is 2.28. The van der Waals surface area contributed by atoms with Crippen LogP contribution in [-0.2, 0) is 4.74 Å². The molecule has 1 heterocycles. The van der Waals surface area contributed by atoms with Crippen LogP contribution in [0.25, 0.3) is 0 Å². The number of ketones is 1. The maximum absolute atomic E-state index is 11.7. The highest BCUT2D eigenvalue weighted by Crippen LogP contribution is 2.33. The van der Waals surface area contributed by atoms with E-state index in [4.69, 9.17) is 9.47 Å². The molecule has 1 aromatic carbocycles. The number of ether oxygens (including phenoxy) is 2. The number of anilines is 1. The third-order valence-electron chi connectivity index (χ3n) is 2.53. The lowest BCUT2D eigenvalue weighted by molar-refractivity contribution is 0.0634. The minimum atomic E-state index is -0.574. The first-order valence-electron chi connectivity index (χ1n) is 6.16. The minimum Gasteiger partial charge on any atom is -0.490 e. The zero-order valence-electron chi connectivity index (χ0n) is 11.3. The van der Waals surface area contributed by atoms with Gasteiger partial charge < -0.3 is 9.47 Å². The number of nitrogens with one attached hydrogen (secondary N) is 1. The fourth-order valence-electron chi connectivity index (χ4n) is 1.80. The van der Waals surface area contributed by atoms with Crippen LogP contribution in [0.3, 0.4) is 0 Å².